The van der Waals surface area contributed by atoms with Crippen LogP contribution in [0.4, 0.5) is 0 Å². The van der Waals surface area contributed by atoms with Crippen molar-refractivity contribution in [3.05, 3.63) is 0 Å². The quantitative estimate of drug-likeness (QED) is 0.101. The van der Waals surface area contributed by atoms with Crippen LogP contribution in [0.2, 0.25) is 0 Å². The highest BCUT2D eigenvalue weighted by Gasteiger charge is 2.37. The van der Waals surface area contributed by atoms with Gasteiger partial charge in [0.15, 0.2) is 5.96 Å². The number of thioether (sulfide) groups is 1. The summed E-state index contributed by atoms with van der Waals surface area (Å²) < 4.78 is 0. The van der Waals surface area contributed by atoms with Crippen LogP contribution < -0.4 is 27.8 Å². The van der Waals surface area contributed by atoms with Gasteiger partial charge in [0.1, 0.15) is 18.1 Å². The number of aliphatic imine (C=N–C) groups is 1. The van der Waals surface area contributed by atoms with Crippen molar-refractivity contribution in [3.8, 4) is 0 Å². The van der Waals surface area contributed by atoms with Crippen molar-refractivity contribution < 1.29 is 24.3 Å². The molecule has 0 aromatic heterocycles. The Kier molecular flexibility index (Phi) is 11.8. The summed E-state index contributed by atoms with van der Waals surface area (Å²) in [6.45, 7) is 2.21. The number of carboxylic acids is 1. The van der Waals surface area contributed by atoms with Gasteiger partial charge in [0, 0.05) is 13.1 Å². The van der Waals surface area contributed by atoms with Crippen LogP contribution in [0, 0.1) is 0 Å². The maximum absolute atomic E-state index is 12.9. The first-order valence-electron chi connectivity index (χ1n) is 10.5. The molecule has 1 heterocycles. The van der Waals surface area contributed by atoms with E-state index in [1.807, 2.05) is 6.26 Å². The summed E-state index contributed by atoms with van der Waals surface area (Å²) in [5, 5.41) is 14.6. The van der Waals surface area contributed by atoms with E-state index in [1.165, 1.54) is 16.7 Å². The summed E-state index contributed by atoms with van der Waals surface area (Å²) in [6, 6.07) is -3.54. The summed E-state index contributed by atoms with van der Waals surface area (Å²) in [5.41, 5.74) is 16.3. The van der Waals surface area contributed by atoms with Crippen LogP contribution in [0.1, 0.15) is 39.0 Å². The molecule has 3 amide bonds. The third-order valence-electron chi connectivity index (χ3n) is 5.03. The average Bonchev–Trinajstić information content (AvgIpc) is 3.21. The number of nitrogens with two attached hydrogens (primary N) is 3. The number of carboxylic acid groups (broad SMARTS) is 1. The molecule has 1 fully saturated rings. The maximum atomic E-state index is 12.9. The van der Waals surface area contributed by atoms with E-state index < -0.39 is 42.0 Å². The number of carbonyl (C=O) groups is 4. The van der Waals surface area contributed by atoms with Crippen LogP contribution >= 0.6 is 11.8 Å². The summed E-state index contributed by atoms with van der Waals surface area (Å²) in [7, 11) is 0. The van der Waals surface area contributed by atoms with Crippen molar-refractivity contribution in [2.75, 3.05) is 25.1 Å². The summed E-state index contributed by atoms with van der Waals surface area (Å²) >= 11 is 1.46. The monoisotopic (exact) mass is 473 g/mol. The molecule has 32 heavy (non-hydrogen) atoms. The topological polar surface area (TPSA) is 206 Å². The van der Waals surface area contributed by atoms with E-state index in [4.69, 9.17) is 17.2 Å². The molecule has 1 saturated heterocycles. The van der Waals surface area contributed by atoms with Crippen LogP contribution in [0.5, 0.6) is 0 Å². The van der Waals surface area contributed by atoms with E-state index in [-0.39, 0.29) is 31.3 Å². The molecule has 0 spiro atoms. The fourth-order valence-electron chi connectivity index (χ4n) is 3.37. The minimum atomic E-state index is -1.15. The highest BCUT2D eigenvalue weighted by molar-refractivity contribution is 7.98. The average molecular weight is 474 g/mol. The van der Waals surface area contributed by atoms with Crippen LogP contribution in [0.25, 0.3) is 0 Å². The van der Waals surface area contributed by atoms with Crippen molar-refractivity contribution in [2.45, 2.75) is 63.2 Å². The lowest BCUT2D eigenvalue weighted by Crippen LogP contribution is -2.56. The van der Waals surface area contributed by atoms with Gasteiger partial charge in [-0.25, -0.2) is 4.79 Å². The first-order valence-corrected chi connectivity index (χ1v) is 11.9. The molecule has 12 nitrogen and oxygen atoms in total. The number of likely N-dealkylation sites (tertiary alicyclic amines) is 1. The Labute approximate surface area is 192 Å². The minimum Gasteiger partial charge on any atom is -0.480 e. The van der Waals surface area contributed by atoms with Crippen molar-refractivity contribution in [2.24, 2.45) is 22.2 Å². The SMILES string of the molecule is CSCCC(NC(=O)C(CCCN=C(N)N)NC(=O)C1CCCN1C(=O)C(C)N)C(=O)O. The Balaban J connectivity index is 2.90. The Hall–Kier alpha value is -2.54. The van der Waals surface area contributed by atoms with E-state index in [9.17, 15) is 24.3 Å². The Morgan fingerprint density at radius 2 is 1.88 bits per heavy atom. The number of guanidine groups is 1. The van der Waals surface area contributed by atoms with Crippen molar-refractivity contribution >= 4 is 41.4 Å². The van der Waals surface area contributed by atoms with Gasteiger partial charge < -0.3 is 37.8 Å². The molecule has 4 atom stereocenters. The number of nitrogens with zero attached hydrogens (tertiary/aromatic N) is 2. The summed E-state index contributed by atoms with van der Waals surface area (Å²) in [5.74, 6) is -2.11. The molecule has 0 aromatic rings. The second-order valence-electron chi connectivity index (χ2n) is 7.67. The Bertz CT molecular complexity index is 700. The molecule has 182 valence electrons. The Morgan fingerprint density at radius 1 is 1.19 bits per heavy atom. The van der Waals surface area contributed by atoms with Crippen molar-refractivity contribution in [3.63, 3.8) is 0 Å². The zero-order chi connectivity index (χ0) is 24.3. The van der Waals surface area contributed by atoms with Gasteiger partial charge in [0.05, 0.1) is 6.04 Å². The molecule has 0 bridgehead atoms. The highest BCUT2D eigenvalue weighted by atomic mass is 32.2. The second kappa shape index (κ2) is 13.8. The van der Waals surface area contributed by atoms with Crippen molar-refractivity contribution in [1.82, 2.24) is 15.5 Å². The van der Waals surface area contributed by atoms with E-state index in [2.05, 4.69) is 15.6 Å². The molecule has 0 radical (unpaired) electrons. The van der Waals surface area contributed by atoms with Gasteiger partial charge in [-0.05, 0) is 51.0 Å². The molecule has 9 N–H and O–H groups in total. The normalized spacial score (nSPS) is 18.3. The number of rotatable bonds is 13. The van der Waals surface area contributed by atoms with Crippen LogP contribution in [0.15, 0.2) is 4.99 Å². The van der Waals surface area contributed by atoms with Gasteiger partial charge in [-0.1, -0.05) is 0 Å². The predicted octanol–water partition coefficient (Wildman–Crippen LogP) is -1.81. The molecule has 1 aliphatic rings. The molecule has 1 aliphatic heterocycles. The van der Waals surface area contributed by atoms with Gasteiger partial charge in [0.2, 0.25) is 17.7 Å². The molecule has 0 aliphatic carbocycles. The fourth-order valence-corrected chi connectivity index (χ4v) is 3.84. The third-order valence-corrected chi connectivity index (χ3v) is 5.68. The zero-order valence-corrected chi connectivity index (χ0v) is 19.4. The first-order chi connectivity index (χ1) is 15.1. The standard InChI is InChI=1S/C19H35N7O5S/c1-11(20)17(29)26-9-4-6-14(26)16(28)24-12(5-3-8-23-19(21)22)15(27)25-13(18(30)31)7-10-32-2/h11-14H,3-10,20H2,1-2H3,(H,24,28)(H,25,27)(H,30,31)(H4,21,22,23). The smallest absolute Gasteiger partial charge is 0.326 e. The molecule has 1 rings (SSSR count). The number of nitrogens with one attached hydrogen (secondary N) is 2. The molecular weight excluding hydrogens is 438 g/mol. The molecule has 4 unspecified atom stereocenters. The number of amides is 3. The second-order valence-corrected chi connectivity index (χ2v) is 8.65. The van der Waals surface area contributed by atoms with Gasteiger partial charge in [-0.2, -0.15) is 11.8 Å². The third kappa shape index (κ3) is 8.91. The van der Waals surface area contributed by atoms with E-state index in [0.29, 0.717) is 31.6 Å². The first kappa shape index (κ1) is 27.5. The van der Waals surface area contributed by atoms with Crippen molar-refractivity contribution in [1.29, 1.82) is 0 Å². The summed E-state index contributed by atoms with van der Waals surface area (Å²) in [4.78, 5) is 54.9. The number of carbonyl (C=O) groups excluding carboxylic acids is 3. The minimum absolute atomic E-state index is 0.0888. The molecule has 0 aromatic carbocycles. The van der Waals surface area contributed by atoms with E-state index in [1.54, 1.807) is 6.92 Å². The van der Waals surface area contributed by atoms with Gasteiger partial charge >= 0.3 is 5.97 Å². The lowest BCUT2D eigenvalue weighted by molar-refractivity contribution is -0.143. The maximum Gasteiger partial charge on any atom is 0.326 e. The van der Waals surface area contributed by atoms with Crippen LogP contribution in [0.3, 0.4) is 0 Å². The predicted molar refractivity (Wildman–Crippen MR) is 123 cm³/mol. The zero-order valence-electron chi connectivity index (χ0n) is 18.6. The van der Waals surface area contributed by atoms with Gasteiger partial charge in [0.25, 0.3) is 0 Å². The van der Waals surface area contributed by atoms with E-state index >= 15 is 0 Å². The number of aliphatic carboxylic acids is 1. The van der Waals surface area contributed by atoms with Gasteiger partial charge in [-0.15, -0.1) is 0 Å². The lowest BCUT2D eigenvalue weighted by Gasteiger charge is -2.28. The molecular formula is C19H35N7O5S. The number of hydrogen-bond donors (Lipinski definition) is 6. The molecule has 0 saturated carbocycles. The Morgan fingerprint density at radius 3 is 2.44 bits per heavy atom. The largest absolute Gasteiger partial charge is 0.480 e. The molecule has 13 heteroatoms. The highest BCUT2D eigenvalue weighted by Crippen LogP contribution is 2.19. The van der Waals surface area contributed by atoms with Crippen LogP contribution in [-0.4, -0.2) is 88.9 Å². The summed E-state index contributed by atoms with van der Waals surface area (Å²) in [6.07, 6.45) is 3.76. The lowest BCUT2D eigenvalue weighted by atomic mass is 10.1. The van der Waals surface area contributed by atoms with E-state index in [0.717, 1.165) is 0 Å². The number of hydrogen-bond acceptors (Lipinski definition) is 7. The van der Waals surface area contributed by atoms with Gasteiger partial charge in [-0.3, -0.25) is 19.4 Å². The van der Waals surface area contributed by atoms with Crippen LogP contribution in [-0.2, 0) is 19.2 Å². The fraction of sp³-hybridized carbons (Fsp3) is 0.737.